The molecule has 1 unspecified atom stereocenters. The molecule has 3 saturated heterocycles. The lowest BCUT2D eigenvalue weighted by atomic mass is 9.99. The van der Waals surface area contributed by atoms with Crippen molar-refractivity contribution >= 4 is 34.6 Å². The molecule has 0 bridgehead atoms. The molecule has 186 valence electrons. The quantitative estimate of drug-likeness (QED) is 0.376. The third kappa shape index (κ3) is 5.88. The second-order valence-corrected chi connectivity index (χ2v) is 9.98. The second-order valence-electron chi connectivity index (χ2n) is 9.98. The number of hydrogen-bond acceptors (Lipinski definition) is 7. The molecule has 2 amide bonds. The number of piperidine rings is 3. The minimum Gasteiger partial charge on any atom is -0.399 e. The van der Waals surface area contributed by atoms with Crippen LogP contribution < -0.4 is 31.5 Å². The SMILES string of the molecule is Nc1ccc(N2CCC(NC3CCN(c4ccc(NC5CCC(=O)NC5=O)cc4)CC3)CC2)cc1. The second kappa shape index (κ2) is 10.6. The first-order valence-electron chi connectivity index (χ1n) is 12.9. The number of amides is 2. The highest BCUT2D eigenvalue weighted by molar-refractivity contribution is 6.01. The summed E-state index contributed by atoms with van der Waals surface area (Å²) in [7, 11) is 0. The maximum Gasteiger partial charge on any atom is 0.249 e. The smallest absolute Gasteiger partial charge is 0.249 e. The largest absolute Gasteiger partial charge is 0.399 e. The lowest BCUT2D eigenvalue weighted by molar-refractivity contribution is -0.133. The van der Waals surface area contributed by atoms with Crippen molar-refractivity contribution in [3.63, 3.8) is 0 Å². The van der Waals surface area contributed by atoms with Gasteiger partial charge in [-0.15, -0.1) is 0 Å². The number of hydrogen-bond donors (Lipinski definition) is 4. The molecule has 0 saturated carbocycles. The number of anilines is 4. The maximum atomic E-state index is 12.0. The number of rotatable bonds is 6. The zero-order chi connectivity index (χ0) is 24.2. The zero-order valence-corrected chi connectivity index (χ0v) is 20.2. The van der Waals surface area contributed by atoms with Gasteiger partial charge in [-0.1, -0.05) is 0 Å². The third-order valence-corrected chi connectivity index (χ3v) is 7.53. The average Bonchev–Trinajstić information content (AvgIpc) is 2.88. The molecule has 5 rings (SSSR count). The van der Waals surface area contributed by atoms with Crippen molar-refractivity contribution in [2.75, 3.05) is 47.0 Å². The van der Waals surface area contributed by atoms with E-state index in [-0.39, 0.29) is 17.9 Å². The van der Waals surface area contributed by atoms with Crippen LogP contribution in [0.25, 0.3) is 0 Å². The molecule has 2 aromatic rings. The van der Waals surface area contributed by atoms with Crippen molar-refractivity contribution < 1.29 is 9.59 Å². The van der Waals surface area contributed by atoms with Crippen LogP contribution in [0.2, 0.25) is 0 Å². The third-order valence-electron chi connectivity index (χ3n) is 7.53. The minimum atomic E-state index is -0.348. The zero-order valence-electron chi connectivity index (χ0n) is 20.2. The number of benzene rings is 2. The van der Waals surface area contributed by atoms with E-state index in [1.807, 2.05) is 24.3 Å². The molecule has 8 nitrogen and oxygen atoms in total. The van der Waals surface area contributed by atoms with Crippen LogP contribution in [0.1, 0.15) is 38.5 Å². The van der Waals surface area contributed by atoms with Crippen molar-refractivity contribution in [1.29, 1.82) is 0 Å². The van der Waals surface area contributed by atoms with Gasteiger partial charge in [0.2, 0.25) is 11.8 Å². The van der Waals surface area contributed by atoms with Crippen molar-refractivity contribution in [3.05, 3.63) is 48.5 Å². The standard InChI is InChI=1S/C27H36N6O2/c28-19-1-5-23(6-2-19)32-15-11-21(12-16-32)29-22-13-17-33(18-14-22)24-7-3-20(4-8-24)30-25-9-10-26(34)31-27(25)35/h1-8,21-22,25,29-30H,9-18,28H2,(H,31,34,35). The van der Waals surface area contributed by atoms with Crippen LogP contribution in [0.4, 0.5) is 22.7 Å². The van der Waals surface area contributed by atoms with E-state index in [4.69, 9.17) is 5.73 Å². The fraction of sp³-hybridized carbons (Fsp3) is 0.481. The monoisotopic (exact) mass is 476 g/mol. The normalized spacial score (nSPS) is 22.2. The van der Waals surface area contributed by atoms with Crippen molar-refractivity contribution in [3.8, 4) is 0 Å². The Morgan fingerprint density at radius 3 is 1.77 bits per heavy atom. The topological polar surface area (TPSA) is 103 Å². The van der Waals surface area contributed by atoms with Crippen LogP contribution in [0.15, 0.2) is 48.5 Å². The molecule has 35 heavy (non-hydrogen) atoms. The molecule has 3 heterocycles. The molecule has 0 aromatic heterocycles. The summed E-state index contributed by atoms with van der Waals surface area (Å²) in [5, 5.41) is 9.57. The van der Waals surface area contributed by atoms with Gasteiger partial charge in [0.15, 0.2) is 0 Å². The summed E-state index contributed by atoms with van der Waals surface area (Å²) in [6.45, 7) is 4.25. The number of carbonyl (C=O) groups is 2. The van der Waals surface area contributed by atoms with E-state index >= 15 is 0 Å². The highest BCUT2D eigenvalue weighted by atomic mass is 16.2. The van der Waals surface area contributed by atoms with Gasteiger partial charge in [0.1, 0.15) is 6.04 Å². The molecule has 3 aliphatic rings. The van der Waals surface area contributed by atoms with Crippen LogP contribution in [-0.2, 0) is 9.59 Å². The fourth-order valence-corrected chi connectivity index (χ4v) is 5.43. The summed E-state index contributed by atoms with van der Waals surface area (Å²) < 4.78 is 0. The number of imide groups is 1. The predicted octanol–water partition coefficient (Wildman–Crippen LogP) is 2.71. The molecule has 8 heteroatoms. The summed E-state index contributed by atoms with van der Waals surface area (Å²) in [6, 6.07) is 17.3. The van der Waals surface area contributed by atoms with E-state index in [0.29, 0.717) is 24.9 Å². The molecule has 5 N–H and O–H groups in total. The van der Waals surface area contributed by atoms with E-state index in [0.717, 1.165) is 50.4 Å². The van der Waals surface area contributed by atoms with Gasteiger partial charge in [0, 0.05) is 67.4 Å². The Morgan fingerprint density at radius 2 is 1.26 bits per heavy atom. The summed E-state index contributed by atoms with van der Waals surface area (Å²) in [5.74, 6) is -0.430. The highest BCUT2D eigenvalue weighted by Crippen LogP contribution is 2.25. The van der Waals surface area contributed by atoms with Crippen molar-refractivity contribution in [1.82, 2.24) is 10.6 Å². The Balaban J connectivity index is 1.05. The van der Waals surface area contributed by atoms with Gasteiger partial charge in [-0.25, -0.2) is 0 Å². The Hall–Kier alpha value is -3.26. The van der Waals surface area contributed by atoms with Crippen molar-refractivity contribution in [2.24, 2.45) is 0 Å². The number of nitrogens with two attached hydrogens (primary N) is 1. The molecular weight excluding hydrogens is 440 g/mol. The first-order chi connectivity index (χ1) is 17.0. The van der Waals surface area contributed by atoms with Crippen LogP contribution in [0, 0.1) is 0 Å². The van der Waals surface area contributed by atoms with Crippen molar-refractivity contribution in [2.45, 2.75) is 56.7 Å². The Labute approximate surface area is 207 Å². The van der Waals surface area contributed by atoms with Gasteiger partial charge < -0.3 is 26.2 Å². The molecule has 0 radical (unpaired) electrons. The predicted molar refractivity (Wildman–Crippen MR) is 141 cm³/mol. The Kier molecular flexibility index (Phi) is 7.08. The van der Waals surface area contributed by atoms with Gasteiger partial charge in [-0.2, -0.15) is 0 Å². The summed E-state index contributed by atoms with van der Waals surface area (Å²) >= 11 is 0. The van der Waals surface area contributed by atoms with Gasteiger partial charge in [0.05, 0.1) is 0 Å². The Morgan fingerprint density at radius 1 is 0.743 bits per heavy atom. The molecule has 2 aromatic carbocycles. The number of nitrogens with zero attached hydrogens (tertiary/aromatic N) is 2. The number of carbonyl (C=O) groups excluding carboxylic acids is 2. The van der Waals surface area contributed by atoms with E-state index in [9.17, 15) is 9.59 Å². The summed E-state index contributed by atoms with van der Waals surface area (Å²) in [5.41, 5.74) is 10.0. The summed E-state index contributed by atoms with van der Waals surface area (Å²) in [6.07, 6.45) is 5.56. The van der Waals surface area contributed by atoms with Crippen LogP contribution in [0.3, 0.4) is 0 Å². The van der Waals surface area contributed by atoms with E-state index in [1.165, 1.54) is 24.2 Å². The highest BCUT2D eigenvalue weighted by Gasteiger charge is 2.27. The molecule has 3 fully saturated rings. The van der Waals surface area contributed by atoms with E-state index < -0.39 is 0 Å². The Bertz CT molecular complexity index is 1010. The van der Waals surface area contributed by atoms with Gasteiger partial charge in [-0.05, 0) is 80.6 Å². The van der Waals surface area contributed by atoms with Gasteiger partial charge >= 0.3 is 0 Å². The number of nitrogen functional groups attached to an aromatic ring is 1. The summed E-state index contributed by atoms with van der Waals surface area (Å²) in [4.78, 5) is 28.2. The van der Waals surface area contributed by atoms with Crippen LogP contribution in [-0.4, -0.2) is 56.1 Å². The first-order valence-corrected chi connectivity index (χ1v) is 12.9. The van der Waals surface area contributed by atoms with Crippen LogP contribution >= 0.6 is 0 Å². The lowest BCUT2D eigenvalue weighted by Crippen LogP contribution is -2.50. The lowest BCUT2D eigenvalue weighted by Gasteiger charge is -2.39. The maximum absolute atomic E-state index is 12.0. The average molecular weight is 477 g/mol. The van der Waals surface area contributed by atoms with Gasteiger partial charge in [0.25, 0.3) is 0 Å². The first kappa shape index (κ1) is 23.5. The van der Waals surface area contributed by atoms with Gasteiger partial charge in [-0.3, -0.25) is 14.9 Å². The molecule has 0 spiro atoms. The van der Waals surface area contributed by atoms with E-state index in [1.54, 1.807) is 0 Å². The fourth-order valence-electron chi connectivity index (χ4n) is 5.43. The van der Waals surface area contributed by atoms with Crippen LogP contribution in [0.5, 0.6) is 0 Å². The molecular formula is C27H36N6O2. The molecule has 0 aliphatic carbocycles. The molecule has 1 atom stereocenters. The molecule has 3 aliphatic heterocycles. The van der Waals surface area contributed by atoms with E-state index in [2.05, 4.69) is 50.0 Å². The minimum absolute atomic E-state index is 0.190. The number of nitrogens with one attached hydrogen (secondary N) is 3.